The second-order valence-corrected chi connectivity index (χ2v) is 4.42. The quantitative estimate of drug-likeness (QED) is 0.759. The lowest BCUT2D eigenvalue weighted by Crippen LogP contribution is -2.26. The zero-order valence-corrected chi connectivity index (χ0v) is 11.0. The van der Waals surface area contributed by atoms with Gasteiger partial charge in [0.2, 0.25) is 0 Å². The average molecular weight is 314 g/mol. The maximum Gasteiger partial charge on any atom is 0.431 e. The summed E-state index contributed by atoms with van der Waals surface area (Å²) in [4.78, 5) is 12.0. The number of benzene rings is 1. The Morgan fingerprint density at radius 3 is 2.27 bits per heavy atom. The van der Waals surface area contributed by atoms with E-state index in [0.717, 1.165) is 13.1 Å². The molecule has 0 radical (unpaired) electrons. The minimum absolute atomic E-state index is 0.310. The van der Waals surface area contributed by atoms with Crippen molar-refractivity contribution in [3.8, 4) is 17.2 Å². The normalized spacial score (nSPS) is 11.3. The predicted octanol–water partition coefficient (Wildman–Crippen LogP) is 3.22. The lowest BCUT2D eigenvalue weighted by Gasteiger charge is -2.13. The Bertz CT molecular complexity index is 846. The van der Waals surface area contributed by atoms with Gasteiger partial charge in [0.05, 0.1) is 11.1 Å². The number of nitriles is 1. The molecule has 22 heavy (non-hydrogen) atoms. The molecule has 1 aromatic carbocycles. The molecule has 0 atom stereocenters. The first kappa shape index (κ1) is 15.7. The molecule has 3 nitrogen and oxygen atoms in total. The first-order chi connectivity index (χ1) is 10.2. The summed E-state index contributed by atoms with van der Waals surface area (Å²) in [5.74, 6) is -2.14. The van der Waals surface area contributed by atoms with E-state index in [9.17, 15) is 26.7 Å². The van der Waals surface area contributed by atoms with E-state index in [2.05, 4.69) is 0 Å². The van der Waals surface area contributed by atoms with Crippen LogP contribution in [0.5, 0.6) is 0 Å². The Hall–Kier alpha value is -2.69. The Morgan fingerprint density at radius 2 is 1.73 bits per heavy atom. The molecule has 1 aromatic heterocycles. The Kier molecular flexibility index (Phi) is 3.75. The molecular formula is C14H7F5N2O. The van der Waals surface area contributed by atoms with Crippen LogP contribution in [0.15, 0.2) is 29.1 Å². The third-order valence-corrected chi connectivity index (χ3v) is 3.06. The van der Waals surface area contributed by atoms with Gasteiger partial charge in [-0.15, -0.1) is 0 Å². The largest absolute Gasteiger partial charge is 0.431 e. The van der Waals surface area contributed by atoms with Crippen molar-refractivity contribution < 1.29 is 22.0 Å². The highest BCUT2D eigenvalue weighted by Gasteiger charge is 2.34. The van der Waals surface area contributed by atoms with Crippen LogP contribution in [-0.4, -0.2) is 4.57 Å². The molecule has 114 valence electrons. The van der Waals surface area contributed by atoms with Crippen molar-refractivity contribution in [3.05, 3.63) is 57.5 Å². The number of aromatic nitrogens is 1. The minimum atomic E-state index is -4.75. The summed E-state index contributed by atoms with van der Waals surface area (Å²) >= 11 is 0. The van der Waals surface area contributed by atoms with Crippen molar-refractivity contribution in [1.82, 2.24) is 4.57 Å². The molecule has 0 aliphatic carbocycles. The van der Waals surface area contributed by atoms with Gasteiger partial charge < -0.3 is 4.57 Å². The molecule has 0 amide bonds. The van der Waals surface area contributed by atoms with E-state index in [-0.39, 0.29) is 0 Å². The molecular weight excluding hydrogens is 307 g/mol. The maximum absolute atomic E-state index is 13.9. The van der Waals surface area contributed by atoms with Crippen LogP contribution >= 0.6 is 0 Å². The van der Waals surface area contributed by atoms with Crippen LogP contribution in [0.3, 0.4) is 0 Å². The number of nitrogens with zero attached hydrogens (tertiary/aromatic N) is 2. The van der Waals surface area contributed by atoms with E-state index in [1.165, 1.54) is 6.07 Å². The fraction of sp³-hybridized carbons (Fsp3) is 0.143. The summed E-state index contributed by atoms with van der Waals surface area (Å²) in [5, 5.41) is 8.58. The van der Waals surface area contributed by atoms with Crippen molar-refractivity contribution in [2.24, 2.45) is 7.05 Å². The molecule has 0 bridgehead atoms. The van der Waals surface area contributed by atoms with Gasteiger partial charge in [-0.1, -0.05) is 0 Å². The Balaban J connectivity index is 2.71. The van der Waals surface area contributed by atoms with Gasteiger partial charge in [0.1, 0.15) is 23.4 Å². The van der Waals surface area contributed by atoms with Crippen LogP contribution in [0.2, 0.25) is 0 Å². The van der Waals surface area contributed by atoms with Crippen molar-refractivity contribution in [3.63, 3.8) is 0 Å². The van der Waals surface area contributed by atoms with Crippen molar-refractivity contribution in [2.75, 3.05) is 0 Å². The molecule has 0 unspecified atom stereocenters. The van der Waals surface area contributed by atoms with Crippen molar-refractivity contribution in [1.29, 1.82) is 5.26 Å². The van der Waals surface area contributed by atoms with Crippen LogP contribution in [0.1, 0.15) is 11.3 Å². The highest BCUT2D eigenvalue weighted by molar-refractivity contribution is 5.64. The molecule has 0 aliphatic rings. The van der Waals surface area contributed by atoms with Gasteiger partial charge in [-0.05, 0) is 24.3 Å². The summed E-state index contributed by atoms with van der Waals surface area (Å²) in [6, 6.07) is 3.99. The fourth-order valence-corrected chi connectivity index (χ4v) is 1.96. The van der Waals surface area contributed by atoms with E-state index in [1.54, 1.807) is 0 Å². The van der Waals surface area contributed by atoms with E-state index in [0.29, 0.717) is 22.8 Å². The van der Waals surface area contributed by atoms with E-state index >= 15 is 0 Å². The molecule has 0 aliphatic heterocycles. The van der Waals surface area contributed by atoms with Crippen LogP contribution < -0.4 is 5.56 Å². The van der Waals surface area contributed by atoms with Gasteiger partial charge in [0, 0.05) is 12.6 Å². The summed E-state index contributed by atoms with van der Waals surface area (Å²) in [7, 11) is 0.882. The topological polar surface area (TPSA) is 45.8 Å². The SMILES string of the molecule is Cn1c(C(F)(F)F)ccc(-c2cc(F)c(C#N)cc2F)c1=O. The van der Waals surface area contributed by atoms with E-state index in [1.807, 2.05) is 0 Å². The maximum atomic E-state index is 13.9. The smallest absolute Gasteiger partial charge is 0.307 e. The van der Waals surface area contributed by atoms with Crippen LogP contribution in [-0.2, 0) is 13.2 Å². The van der Waals surface area contributed by atoms with Crippen LogP contribution in [0, 0.1) is 23.0 Å². The summed E-state index contributed by atoms with van der Waals surface area (Å²) in [6.45, 7) is 0. The summed E-state index contributed by atoms with van der Waals surface area (Å²) in [6.07, 6.45) is -4.75. The van der Waals surface area contributed by atoms with Crippen molar-refractivity contribution >= 4 is 0 Å². The van der Waals surface area contributed by atoms with Gasteiger partial charge >= 0.3 is 6.18 Å². The van der Waals surface area contributed by atoms with Crippen LogP contribution in [0.4, 0.5) is 22.0 Å². The molecule has 1 heterocycles. The van der Waals surface area contributed by atoms with Gasteiger partial charge in [-0.3, -0.25) is 4.79 Å². The number of hydrogen-bond acceptors (Lipinski definition) is 2. The second-order valence-electron chi connectivity index (χ2n) is 4.42. The number of halogens is 5. The highest BCUT2D eigenvalue weighted by Crippen LogP contribution is 2.30. The van der Waals surface area contributed by atoms with Gasteiger partial charge in [0.25, 0.3) is 5.56 Å². The zero-order valence-electron chi connectivity index (χ0n) is 11.0. The number of alkyl halides is 3. The molecule has 2 aromatic rings. The molecule has 2 rings (SSSR count). The number of pyridine rings is 1. The number of rotatable bonds is 1. The van der Waals surface area contributed by atoms with Gasteiger partial charge in [-0.2, -0.15) is 18.4 Å². The predicted molar refractivity (Wildman–Crippen MR) is 66.8 cm³/mol. The fourth-order valence-electron chi connectivity index (χ4n) is 1.96. The third kappa shape index (κ3) is 2.57. The Morgan fingerprint density at radius 1 is 1.09 bits per heavy atom. The lowest BCUT2D eigenvalue weighted by molar-refractivity contribution is -0.143. The number of hydrogen-bond donors (Lipinski definition) is 0. The molecule has 0 saturated heterocycles. The van der Waals surface area contributed by atoms with Crippen molar-refractivity contribution in [2.45, 2.75) is 6.18 Å². The molecule has 0 N–H and O–H groups in total. The average Bonchev–Trinajstić information content (AvgIpc) is 2.42. The third-order valence-electron chi connectivity index (χ3n) is 3.06. The second kappa shape index (κ2) is 5.26. The van der Waals surface area contributed by atoms with E-state index < -0.39 is 45.8 Å². The molecule has 0 fully saturated rings. The standard InChI is InChI=1S/C14H7F5N2O/c1-21-12(14(17,18)19)3-2-8(13(21)22)9-5-10(15)7(6-20)4-11(9)16/h2-5H,1H3. The Labute approximate surface area is 120 Å². The first-order valence-electron chi connectivity index (χ1n) is 5.83. The van der Waals surface area contributed by atoms with Gasteiger partial charge in [-0.25, -0.2) is 8.78 Å². The van der Waals surface area contributed by atoms with Gasteiger partial charge in [0.15, 0.2) is 0 Å². The molecule has 0 saturated carbocycles. The highest BCUT2D eigenvalue weighted by atomic mass is 19.4. The van der Waals surface area contributed by atoms with E-state index in [4.69, 9.17) is 5.26 Å². The first-order valence-corrected chi connectivity index (χ1v) is 5.83. The summed E-state index contributed by atoms with van der Waals surface area (Å²) < 4.78 is 65.7. The van der Waals surface area contributed by atoms with Crippen LogP contribution in [0.25, 0.3) is 11.1 Å². The minimum Gasteiger partial charge on any atom is -0.307 e. The lowest BCUT2D eigenvalue weighted by atomic mass is 10.0. The molecule has 0 spiro atoms. The monoisotopic (exact) mass is 314 g/mol. The summed E-state index contributed by atoms with van der Waals surface area (Å²) in [5.41, 5.74) is -3.85. The molecule has 8 heteroatoms. The zero-order chi connectivity index (χ0) is 16.7.